The molecule has 9 nitrogen and oxygen atoms in total. The Morgan fingerprint density at radius 2 is 1.53 bits per heavy atom. The third kappa shape index (κ3) is 6.41. The standard InChI is InChI=1S/C27H27F2N5O4/c1-17-12-18(2)30-13-21(17)14-31-25-32-26(35)34(16-20-4-8-22(37-3)9-5-20)27(36)33(25)15-19-6-10-23(11-7-19)38-24(28)29/h4-13,24H,14-16H2,1-3H3,(H,31,32,35). The molecule has 11 heteroatoms. The van der Waals surface area contributed by atoms with E-state index in [2.05, 4.69) is 20.0 Å². The van der Waals surface area contributed by atoms with Gasteiger partial charge < -0.3 is 14.8 Å². The lowest BCUT2D eigenvalue weighted by molar-refractivity contribution is -0.0498. The Kier molecular flexibility index (Phi) is 8.15. The van der Waals surface area contributed by atoms with E-state index in [1.165, 1.54) is 16.7 Å². The largest absolute Gasteiger partial charge is 0.497 e. The zero-order valence-corrected chi connectivity index (χ0v) is 21.1. The van der Waals surface area contributed by atoms with Crippen LogP contribution in [0.4, 0.5) is 14.7 Å². The van der Waals surface area contributed by atoms with Gasteiger partial charge in [-0.1, -0.05) is 24.3 Å². The Morgan fingerprint density at radius 1 is 0.921 bits per heavy atom. The van der Waals surface area contributed by atoms with E-state index in [9.17, 15) is 18.4 Å². The maximum atomic E-state index is 13.6. The number of nitrogens with one attached hydrogen (secondary N) is 1. The smallest absolute Gasteiger partial charge is 0.387 e. The van der Waals surface area contributed by atoms with Crippen LogP contribution >= 0.6 is 0 Å². The van der Waals surface area contributed by atoms with Crippen molar-refractivity contribution in [1.82, 2.24) is 19.1 Å². The van der Waals surface area contributed by atoms with Crippen LogP contribution in [-0.4, -0.2) is 32.8 Å². The summed E-state index contributed by atoms with van der Waals surface area (Å²) in [4.78, 5) is 35.0. The number of aryl methyl sites for hydroxylation is 2. The SMILES string of the molecule is COc1ccc(Cn2c(=O)nc(NCc3cnc(C)cc3C)n(Cc3ccc(OC(F)F)cc3)c2=O)cc1. The quantitative estimate of drug-likeness (QED) is 0.338. The number of aromatic nitrogens is 4. The molecule has 2 heterocycles. The van der Waals surface area contributed by atoms with Gasteiger partial charge in [-0.3, -0.25) is 9.55 Å². The van der Waals surface area contributed by atoms with Crippen LogP contribution in [0.25, 0.3) is 0 Å². The summed E-state index contributed by atoms with van der Waals surface area (Å²) in [5.41, 5.74) is 2.82. The molecular weight excluding hydrogens is 496 g/mol. The number of ether oxygens (including phenoxy) is 2. The summed E-state index contributed by atoms with van der Waals surface area (Å²) in [7, 11) is 1.55. The van der Waals surface area contributed by atoms with Crippen molar-refractivity contribution in [3.8, 4) is 11.5 Å². The van der Waals surface area contributed by atoms with Gasteiger partial charge in [-0.05, 0) is 66.4 Å². The Morgan fingerprint density at radius 3 is 2.11 bits per heavy atom. The molecule has 0 bridgehead atoms. The molecule has 0 aliphatic carbocycles. The fourth-order valence-corrected chi connectivity index (χ4v) is 3.90. The van der Waals surface area contributed by atoms with Crippen LogP contribution in [0, 0.1) is 13.8 Å². The number of halogens is 2. The average molecular weight is 524 g/mol. The van der Waals surface area contributed by atoms with Crippen LogP contribution < -0.4 is 26.2 Å². The first-order valence-corrected chi connectivity index (χ1v) is 11.8. The molecule has 38 heavy (non-hydrogen) atoms. The van der Waals surface area contributed by atoms with Gasteiger partial charge in [0.1, 0.15) is 11.5 Å². The lowest BCUT2D eigenvalue weighted by Gasteiger charge is -2.16. The van der Waals surface area contributed by atoms with E-state index in [0.29, 0.717) is 16.9 Å². The fraction of sp³-hybridized carbons (Fsp3) is 0.259. The van der Waals surface area contributed by atoms with Crippen LogP contribution in [0.2, 0.25) is 0 Å². The van der Waals surface area contributed by atoms with Crippen molar-refractivity contribution in [3.63, 3.8) is 0 Å². The van der Waals surface area contributed by atoms with Gasteiger partial charge in [0.05, 0.1) is 20.2 Å². The van der Waals surface area contributed by atoms with Gasteiger partial charge >= 0.3 is 18.0 Å². The number of hydrogen-bond donors (Lipinski definition) is 1. The van der Waals surface area contributed by atoms with E-state index in [4.69, 9.17) is 4.74 Å². The van der Waals surface area contributed by atoms with Crippen molar-refractivity contribution in [2.24, 2.45) is 0 Å². The molecule has 2 aromatic heterocycles. The second kappa shape index (κ2) is 11.7. The summed E-state index contributed by atoms with van der Waals surface area (Å²) >= 11 is 0. The number of pyridine rings is 1. The predicted molar refractivity (Wildman–Crippen MR) is 138 cm³/mol. The molecule has 0 atom stereocenters. The topological polar surface area (TPSA) is 100 Å². The lowest BCUT2D eigenvalue weighted by atomic mass is 10.1. The van der Waals surface area contributed by atoms with Gasteiger partial charge in [0.25, 0.3) is 0 Å². The molecule has 4 rings (SSSR count). The summed E-state index contributed by atoms with van der Waals surface area (Å²) in [5.74, 6) is 0.731. The Hall–Kier alpha value is -4.54. The summed E-state index contributed by atoms with van der Waals surface area (Å²) in [6.45, 7) is 1.23. The Balaban J connectivity index is 1.69. The fourth-order valence-electron chi connectivity index (χ4n) is 3.90. The van der Waals surface area contributed by atoms with Gasteiger partial charge in [-0.25, -0.2) is 14.2 Å². The molecule has 0 saturated heterocycles. The molecule has 0 saturated carbocycles. The molecule has 0 amide bonds. The number of alkyl halides is 2. The first-order valence-electron chi connectivity index (χ1n) is 11.8. The van der Waals surface area contributed by atoms with E-state index in [0.717, 1.165) is 21.4 Å². The van der Waals surface area contributed by atoms with Gasteiger partial charge in [0.15, 0.2) is 0 Å². The minimum Gasteiger partial charge on any atom is -0.497 e. The lowest BCUT2D eigenvalue weighted by Crippen LogP contribution is -2.43. The molecule has 0 aliphatic rings. The van der Waals surface area contributed by atoms with Crippen LogP contribution in [0.15, 0.2) is 70.4 Å². The molecule has 2 aromatic carbocycles. The molecular formula is C27H27F2N5O4. The zero-order valence-electron chi connectivity index (χ0n) is 21.1. The van der Waals surface area contributed by atoms with Crippen molar-refractivity contribution in [2.75, 3.05) is 12.4 Å². The number of anilines is 1. The molecule has 0 radical (unpaired) electrons. The van der Waals surface area contributed by atoms with Crippen molar-refractivity contribution < 1.29 is 18.3 Å². The monoisotopic (exact) mass is 523 g/mol. The van der Waals surface area contributed by atoms with Gasteiger partial charge in [0.2, 0.25) is 5.95 Å². The molecule has 1 N–H and O–H groups in total. The van der Waals surface area contributed by atoms with Crippen LogP contribution in [0.5, 0.6) is 11.5 Å². The van der Waals surface area contributed by atoms with E-state index in [1.807, 2.05) is 19.9 Å². The number of methoxy groups -OCH3 is 1. The molecule has 0 unspecified atom stereocenters. The summed E-state index contributed by atoms with van der Waals surface area (Å²) in [6.07, 6.45) is 1.73. The minimum absolute atomic E-state index is 0.000562. The third-order valence-corrected chi connectivity index (χ3v) is 5.93. The van der Waals surface area contributed by atoms with E-state index < -0.39 is 18.0 Å². The number of nitrogens with zero attached hydrogens (tertiary/aromatic N) is 4. The number of benzene rings is 2. The average Bonchev–Trinajstić information content (AvgIpc) is 2.89. The Labute approximate surface area is 217 Å². The van der Waals surface area contributed by atoms with Crippen LogP contribution in [0.1, 0.15) is 27.9 Å². The third-order valence-electron chi connectivity index (χ3n) is 5.93. The van der Waals surface area contributed by atoms with Gasteiger partial charge in [-0.15, -0.1) is 0 Å². The van der Waals surface area contributed by atoms with Crippen molar-refractivity contribution in [3.05, 3.63) is 110 Å². The highest BCUT2D eigenvalue weighted by molar-refractivity contribution is 5.34. The first-order chi connectivity index (χ1) is 18.2. The summed E-state index contributed by atoms with van der Waals surface area (Å²) in [5, 5.41) is 3.09. The highest BCUT2D eigenvalue weighted by Gasteiger charge is 2.15. The van der Waals surface area contributed by atoms with Crippen molar-refractivity contribution in [1.29, 1.82) is 0 Å². The number of rotatable bonds is 10. The second-order valence-electron chi connectivity index (χ2n) is 8.65. The molecule has 4 aromatic rings. The second-order valence-corrected chi connectivity index (χ2v) is 8.65. The van der Waals surface area contributed by atoms with Crippen LogP contribution in [-0.2, 0) is 19.6 Å². The van der Waals surface area contributed by atoms with E-state index >= 15 is 0 Å². The van der Waals surface area contributed by atoms with E-state index in [-0.39, 0.29) is 31.3 Å². The highest BCUT2D eigenvalue weighted by atomic mass is 19.3. The molecule has 0 spiro atoms. The van der Waals surface area contributed by atoms with E-state index in [1.54, 1.807) is 49.7 Å². The number of hydrogen-bond acceptors (Lipinski definition) is 7. The van der Waals surface area contributed by atoms with Gasteiger partial charge in [0, 0.05) is 18.4 Å². The maximum Gasteiger partial charge on any atom is 0.387 e. The van der Waals surface area contributed by atoms with Crippen LogP contribution in [0.3, 0.4) is 0 Å². The van der Waals surface area contributed by atoms with Gasteiger partial charge in [-0.2, -0.15) is 13.8 Å². The van der Waals surface area contributed by atoms with Crippen molar-refractivity contribution in [2.45, 2.75) is 40.1 Å². The maximum absolute atomic E-state index is 13.6. The summed E-state index contributed by atoms with van der Waals surface area (Å²) in [6, 6.07) is 14.9. The highest BCUT2D eigenvalue weighted by Crippen LogP contribution is 2.17. The predicted octanol–water partition coefficient (Wildman–Crippen LogP) is 3.74. The first kappa shape index (κ1) is 26.5. The molecule has 0 aliphatic heterocycles. The minimum atomic E-state index is -2.94. The molecule has 0 fully saturated rings. The normalized spacial score (nSPS) is 11.0. The van der Waals surface area contributed by atoms with Crippen molar-refractivity contribution >= 4 is 5.95 Å². The Bertz CT molecular complexity index is 1520. The molecule has 198 valence electrons. The zero-order chi connectivity index (χ0) is 27.2. The summed E-state index contributed by atoms with van der Waals surface area (Å²) < 4.78 is 37.0.